The molecule has 2 aromatic rings. The summed E-state index contributed by atoms with van der Waals surface area (Å²) in [6.45, 7) is 0.332. The Kier molecular flexibility index (Phi) is 4.43. The lowest BCUT2D eigenvalue weighted by molar-refractivity contribution is -0.117. The van der Waals surface area contributed by atoms with Crippen LogP contribution in [-0.2, 0) is 4.79 Å². The van der Waals surface area contributed by atoms with Gasteiger partial charge in [-0.25, -0.2) is 4.39 Å². The standard InChI is InChI=1S/C17H14BrFN2O2/c18-15-7-2-1-6-14(15)17(23)20-12-9-16(22)21(10-12)13-5-3-4-11(19)8-13/h1-8,12H,9-10H2,(H,20,23)/t12-/m0/s1. The van der Waals surface area contributed by atoms with Gasteiger partial charge < -0.3 is 10.2 Å². The third-order valence-electron chi connectivity index (χ3n) is 3.70. The van der Waals surface area contributed by atoms with Gasteiger partial charge in [-0.1, -0.05) is 18.2 Å². The van der Waals surface area contributed by atoms with E-state index in [1.807, 2.05) is 6.07 Å². The number of benzene rings is 2. The van der Waals surface area contributed by atoms with Gasteiger partial charge in [0.15, 0.2) is 0 Å². The zero-order valence-electron chi connectivity index (χ0n) is 12.1. The van der Waals surface area contributed by atoms with Gasteiger partial charge in [0, 0.05) is 23.1 Å². The molecular formula is C17H14BrFN2O2. The number of halogens is 2. The van der Waals surface area contributed by atoms with Crippen LogP contribution in [0.5, 0.6) is 0 Å². The highest BCUT2D eigenvalue weighted by atomic mass is 79.9. The average molecular weight is 377 g/mol. The van der Waals surface area contributed by atoms with Gasteiger partial charge in [0.1, 0.15) is 5.82 Å². The first kappa shape index (κ1) is 15.7. The Morgan fingerprint density at radius 1 is 1.22 bits per heavy atom. The number of nitrogens with zero attached hydrogens (tertiary/aromatic N) is 1. The third-order valence-corrected chi connectivity index (χ3v) is 4.39. The Balaban J connectivity index is 1.71. The summed E-state index contributed by atoms with van der Waals surface area (Å²) in [5.74, 6) is -0.764. The lowest BCUT2D eigenvalue weighted by Crippen LogP contribution is -2.37. The van der Waals surface area contributed by atoms with E-state index in [-0.39, 0.29) is 24.3 Å². The van der Waals surface area contributed by atoms with Crippen LogP contribution in [0.25, 0.3) is 0 Å². The normalized spacial score (nSPS) is 17.4. The maximum Gasteiger partial charge on any atom is 0.252 e. The lowest BCUT2D eigenvalue weighted by Gasteiger charge is -2.17. The highest BCUT2D eigenvalue weighted by Crippen LogP contribution is 2.23. The molecule has 1 N–H and O–H groups in total. The van der Waals surface area contributed by atoms with Crippen LogP contribution in [0.15, 0.2) is 53.0 Å². The fourth-order valence-corrected chi connectivity index (χ4v) is 3.07. The molecule has 4 nitrogen and oxygen atoms in total. The summed E-state index contributed by atoms with van der Waals surface area (Å²) < 4.78 is 14.0. The molecule has 1 aliphatic heterocycles. The van der Waals surface area contributed by atoms with Crippen LogP contribution >= 0.6 is 15.9 Å². The summed E-state index contributed by atoms with van der Waals surface area (Å²) in [5.41, 5.74) is 1.02. The third kappa shape index (κ3) is 3.42. The summed E-state index contributed by atoms with van der Waals surface area (Å²) >= 11 is 3.33. The van der Waals surface area contributed by atoms with E-state index < -0.39 is 5.82 Å². The number of carbonyl (C=O) groups excluding carboxylic acids is 2. The van der Waals surface area contributed by atoms with E-state index in [2.05, 4.69) is 21.2 Å². The second kappa shape index (κ2) is 6.50. The van der Waals surface area contributed by atoms with Crippen LogP contribution in [0.4, 0.5) is 10.1 Å². The smallest absolute Gasteiger partial charge is 0.252 e. The van der Waals surface area contributed by atoms with Gasteiger partial charge in [0.05, 0.1) is 11.6 Å². The minimum Gasteiger partial charge on any atom is -0.347 e. The van der Waals surface area contributed by atoms with E-state index in [0.29, 0.717) is 22.3 Å². The number of rotatable bonds is 3. The van der Waals surface area contributed by atoms with Crippen molar-refractivity contribution in [3.63, 3.8) is 0 Å². The molecule has 1 atom stereocenters. The molecule has 2 aromatic carbocycles. The molecule has 118 valence electrons. The number of carbonyl (C=O) groups is 2. The maximum atomic E-state index is 13.3. The summed E-state index contributed by atoms with van der Waals surface area (Å²) in [7, 11) is 0. The zero-order valence-corrected chi connectivity index (χ0v) is 13.7. The minimum atomic E-state index is -0.393. The SMILES string of the molecule is O=C(N[C@H]1CC(=O)N(c2cccc(F)c2)C1)c1ccccc1Br. The van der Waals surface area contributed by atoms with Gasteiger partial charge in [-0.05, 0) is 46.3 Å². The van der Waals surface area contributed by atoms with Gasteiger partial charge in [0.2, 0.25) is 5.91 Å². The van der Waals surface area contributed by atoms with Crippen LogP contribution in [0, 0.1) is 5.82 Å². The second-order valence-electron chi connectivity index (χ2n) is 5.34. The van der Waals surface area contributed by atoms with E-state index in [1.165, 1.54) is 17.0 Å². The first-order chi connectivity index (χ1) is 11.0. The molecule has 23 heavy (non-hydrogen) atoms. The summed E-state index contributed by atoms with van der Waals surface area (Å²) in [5, 5.41) is 2.86. The van der Waals surface area contributed by atoms with E-state index in [1.54, 1.807) is 30.3 Å². The lowest BCUT2D eigenvalue weighted by atomic mass is 10.2. The predicted molar refractivity (Wildman–Crippen MR) is 88.8 cm³/mol. The summed E-state index contributed by atoms with van der Waals surface area (Å²) in [6, 6.07) is 12.7. The molecule has 2 amide bonds. The maximum absolute atomic E-state index is 13.3. The molecule has 1 saturated heterocycles. The largest absolute Gasteiger partial charge is 0.347 e. The summed E-state index contributed by atoms with van der Waals surface area (Å²) in [6.07, 6.45) is 0.201. The zero-order chi connectivity index (χ0) is 16.4. The van der Waals surface area contributed by atoms with Crippen molar-refractivity contribution in [2.24, 2.45) is 0 Å². The van der Waals surface area contributed by atoms with Gasteiger partial charge in [-0.2, -0.15) is 0 Å². The van der Waals surface area contributed by atoms with Crippen molar-refractivity contribution in [1.82, 2.24) is 5.32 Å². The Morgan fingerprint density at radius 3 is 2.74 bits per heavy atom. The fourth-order valence-electron chi connectivity index (χ4n) is 2.61. The Hall–Kier alpha value is -2.21. The van der Waals surface area contributed by atoms with Crippen molar-refractivity contribution in [2.45, 2.75) is 12.5 Å². The van der Waals surface area contributed by atoms with Crippen LogP contribution < -0.4 is 10.2 Å². The minimum absolute atomic E-state index is 0.131. The van der Waals surface area contributed by atoms with Crippen molar-refractivity contribution >= 4 is 33.4 Å². The highest BCUT2D eigenvalue weighted by Gasteiger charge is 2.32. The molecule has 0 aromatic heterocycles. The fraction of sp³-hybridized carbons (Fsp3) is 0.176. The van der Waals surface area contributed by atoms with Gasteiger partial charge >= 0.3 is 0 Å². The van der Waals surface area contributed by atoms with Gasteiger partial charge in [-0.3, -0.25) is 9.59 Å². The van der Waals surface area contributed by atoms with E-state index in [0.717, 1.165) is 0 Å². The molecular weight excluding hydrogens is 363 g/mol. The topological polar surface area (TPSA) is 49.4 Å². The van der Waals surface area contributed by atoms with E-state index >= 15 is 0 Å². The molecule has 3 rings (SSSR count). The Labute approximate surface area is 141 Å². The van der Waals surface area contributed by atoms with Gasteiger partial charge in [-0.15, -0.1) is 0 Å². The van der Waals surface area contributed by atoms with Crippen molar-refractivity contribution in [3.8, 4) is 0 Å². The number of nitrogens with one attached hydrogen (secondary N) is 1. The van der Waals surface area contributed by atoms with Crippen LogP contribution in [-0.4, -0.2) is 24.4 Å². The molecule has 1 aliphatic rings. The van der Waals surface area contributed by atoms with Crippen LogP contribution in [0.3, 0.4) is 0 Å². The van der Waals surface area contributed by atoms with Crippen molar-refractivity contribution in [3.05, 3.63) is 64.4 Å². The van der Waals surface area contributed by atoms with E-state index in [4.69, 9.17) is 0 Å². The molecule has 1 fully saturated rings. The Bertz CT molecular complexity index is 766. The van der Waals surface area contributed by atoms with Crippen molar-refractivity contribution < 1.29 is 14.0 Å². The molecule has 6 heteroatoms. The quantitative estimate of drug-likeness (QED) is 0.894. The van der Waals surface area contributed by atoms with Crippen molar-refractivity contribution in [2.75, 3.05) is 11.4 Å². The second-order valence-corrected chi connectivity index (χ2v) is 6.19. The number of anilines is 1. The van der Waals surface area contributed by atoms with Crippen LogP contribution in [0.2, 0.25) is 0 Å². The number of amides is 2. The molecule has 1 heterocycles. The predicted octanol–water partition coefficient (Wildman–Crippen LogP) is 3.12. The molecule has 0 unspecified atom stereocenters. The Morgan fingerprint density at radius 2 is 2.00 bits per heavy atom. The number of hydrogen-bond acceptors (Lipinski definition) is 2. The van der Waals surface area contributed by atoms with Crippen molar-refractivity contribution in [1.29, 1.82) is 0 Å². The monoisotopic (exact) mass is 376 g/mol. The van der Waals surface area contributed by atoms with Crippen LogP contribution in [0.1, 0.15) is 16.8 Å². The molecule has 0 aliphatic carbocycles. The number of hydrogen-bond donors (Lipinski definition) is 1. The first-order valence-electron chi connectivity index (χ1n) is 7.16. The first-order valence-corrected chi connectivity index (χ1v) is 7.95. The summed E-state index contributed by atoms with van der Waals surface area (Å²) in [4.78, 5) is 25.9. The van der Waals surface area contributed by atoms with E-state index in [9.17, 15) is 14.0 Å². The average Bonchev–Trinajstić information content (AvgIpc) is 2.88. The highest BCUT2D eigenvalue weighted by molar-refractivity contribution is 9.10. The molecule has 0 radical (unpaired) electrons. The molecule has 0 spiro atoms. The molecule has 0 bridgehead atoms. The molecule has 0 saturated carbocycles. The van der Waals surface area contributed by atoms with Gasteiger partial charge in [0.25, 0.3) is 5.91 Å².